The molecule has 0 unspecified atom stereocenters. The minimum Gasteiger partial charge on any atom is -0.338 e. The molecule has 1 aromatic heterocycles. The van der Waals surface area contributed by atoms with Crippen LogP contribution in [0.5, 0.6) is 0 Å². The van der Waals surface area contributed by atoms with Crippen LogP contribution in [0.15, 0.2) is 48.5 Å². The largest absolute Gasteiger partial charge is 0.338 e. The third-order valence-electron chi connectivity index (χ3n) is 6.45. The van der Waals surface area contributed by atoms with Crippen LogP contribution in [0.1, 0.15) is 29.8 Å². The molecule has 1 saturated heterocycles. The average molecular weight is 442 g/mol. The van der Waals surface area contributed by atoms with Gasteiger partial charge in [0, 0.05) is 55.4 Å². The Balaban J connectivity index is 1.29. The van der Waals surface area contributed by atoms with Crippen LogP contribution in [-0.4, -0.2) is 45.8 Å². The Hall–Kier alpha value is -2.08. The average Bonchev–Trinajstić information content (AvgIpc) is 3.48. The van der Waals surface area contributed by atoms with Gasteiger partial charge in [-0.1, -0.05) is 59.6 Å². The second-order valence-corrected chi connectivity index (χ2v) is 9.11. The van der Waals surface area contributed by atoms with Crippen molar-refractivity contribution in [3.8, 4) is 0 Å². The van der Waals surface area contributed by atoms with Gasteiger partial charge in [0.25, 0.3) is 0 Å². The SMILES string of the molecule is Cn1c(N2CCN(Cc3c(Cl)cccc3Cl)CC2)nnc1C1(c2ccccc2)CC1. The zero-order valence-electron chi connectivity index (χ0n) is 17.1. The lowest BCUT2D eigenvalue weighted by Gasteiger charge is -2.35. The Bertz CT molecular complexity index is 1020. The first-order valence-electron chi connectivity index (χ1n) is 10.4. The van der Waals surface area contributed by atoms with Crippen molar-refractivity contribution in [3.05, 3.63) is 75.5 Å². The third kappa shape index (κ3) is 3.49. The van der Waals surface area contributed by atoms with Gasteiger partial charge in [0.15, 0.2) is 0 Å². The normalized spacial score (nSPS) is 18.6. The van der Waals surface area contributed by atoms with Crippen molar-refractivity contribution < 1.29 is 0 Å². The monoisotopic (exact) mass is 441 g/mol. The van der Waals surface area contributed by atoms with Gasteiger partial charge in [-0.05, 0) is 30.5 Å². The van der Waals surface area contributed by atoms with E-state index in [0.29, 0.717) is 0 Å². The van der Waals surface area contributed by atoms with Crippen LogP contribution in [0.2, 0.25) is 10.0 Å². The van der Waals surface area contributed by atoms with E-state index >= 15 is 0 Å². The molecular weight excluding hydrogens is 417 g/mol. The highest BCUT2D eigenvalue weighted by atomic mass is 35.5. The maximum absolute atomic E-state index is 6.35. The molecule has 0 N–H and O–H groups in total. The Morgan fingerprint density at radius 2 is 1.53 bits per heavy atom. The van der Waals surface area contributed by atoms with E-state index in [4.69, 9.17) is 23.2 Å². The van der Waals surface area contributed by atoms with Crippen molar-refractivity contribution in [3.63, 3.8) is 0 Å². The van der Waals surface area contributed by atoms with E-state index in [0.717, 1.165) is 72.9 Å². The molecule has 2 heterocycles. The maximum atomic E-state index is 6.35. The number of anilines is 1. The minimum absolute atomic E-state index is 0.0316. The van der Waals surface area contributed by atoms with Crippen molar-refractivity contribution in [2.24, 2.45) is 7.05 Å². The fraction of sp³-hybridized carbons (Fsp3) is 0.391. The third-order valence-corrected chi connectivity index (χ3v) is 7.16. The van der Waals surface area contributed by atoms with Gasteiger partial charge >= 0.3 is 0 Å². The molecule has 2 aliphatic rings. The van der Waals surface area contributed by atoms with E-state index in [2.05, 4.69) is 61.9 Å². The summed E-state index contributed by atoms with van der Waals surface area (Å²) in [4.78, 5) is 4.73. The van der Waals surface area contributed by atoms with E-state index in [1.54, 1.807) is 0 Å². The van der Waals surface area contributed by atoms with E-state index in [9.17, 15) is 0 Å². The topological polar surface area (TPSA) is 37.2 Å². The molecule has 156 valence electrons. The highest BCUT2D eigenvalue weighted by Gasteiger charge is 2.50. The lowest BCUT2D eigenvalue weighted by molar-refractivity contribution is 0.248. The predicted molar refractivity (Wildman–Crippen MR) is 121 cm³/mol. The lowest BCUT2D eigenvalue weighted by Crippen LogP contribution is -2.46. The molecule has 0 radical (unpaired) electrons. The summed E-state index contributed by atoms with van der Waals surface area (Å²) < 4.78 is 2.20. The molecule has 0 spiro atoms. The molecule has 0 atom stereocenters. The van der Waals surface area contributed by atoms with Gasteiger partial charge in [-0.3, -0.25) is 9.47 Å². The van der Waals surface area contributed by atoms with Crippen molar-refractivity contribution in [1.82, 2.24) is 19.7 Å². The lowest BCUT2D eigenvalue weighted by atomic mass is 9.95. The number of rotatable bonds is 5. The standard InChI is InChI=1S/C23H25Cl2N5/c1-28-21(23(10-11-23)17-6-3-2-4-7-17)26-27-22(28)30-14-12-29(13-15-30)16-18-19(24)8-5-9-20(18)25/h2-9H,10-16H2,1H3. The molecular formula is C23H25Cl2N5. The molecule has 2 aromatic carbocycles. The second-order valence-electron chi connectivity index (χ2n) is 8.29. The van der Waals surface area contributed by atoms with Crippen LogP contribution in [0.25, 0.3) is 0 Å². The first-order valence-corrected chi connectivity index (χ1v) is 11.2. The first-order chi connectivity index (χ1) is 14.6. The van der Waals surface area contributed by atoms with E-state index < -0.39 is 0 Å². The van der Waals surface area contributed by atoms with Gasteiger partial charge in [-0.2, -0.15) is 0 Å². The molecule has 30 heavy (non-hydrogen) atoms. The number of benzene rings is 2. The van der Waals surface area contributed by atoms with Crippen LogP contribution in [-0.2, 0) is 19.0 Å². The summed E-state index contributed by atoms with van der Waals surface area (Å²) in [6.07, 6.45) is 2.27. The van der Waals surface area contributed by atoms with E-state index in [-0.39, 0.29) is 5.41 Å². The van der Waals surface area contributed by atoms with Crippen LogP contribution in [0, 0.1) is 0 Å². The molecule has 5 rings (SSSR count). The maximum Gasteiger partial charge on any atom is 0.227 e. The molecule has 5 nitrogen and oxygen atoms in total. The fourth-order valence-electron chi connectivity index (χ4n) is 4.55. The number of halogens is 2. The van der Waals surface area contributed by atoms with Gasteiger partial charge in [0.1, 0.15) is 5.82 Å². The summed E-state index contributed by atoms with van der Waals surface area (Å²) in [5.74, 6) is 2.04. The van der Waals surface area contributed by atoms with E-state index in [1.807, 2.05) is 18.2 Å². The van der Waals surface area contributed by atoms with Gasteiger partial charge in [0.05, 0.1) is 5.41 Å². The molecule has 0 amide bonds. The van der Waals surface area contributed by atoms with Crippen molar-refractivity contribution in [2.45, 2.75) is 24.8 Å². The number of aromatic nitrogens is 3. The molecule has 7 heteroatoms. The van der Waals surface area contributed by atoms with Crippen molar-refractivity contribution >= 4 is 29.2 Å². The zero-order valence-corrected chi connectivity index (χ0v) is 18.6. The van der Waals surface area contributed by atoms with Gasteiger partial charge in [-0.25, -0.2) is 0 Å². The van der Waals surface area contributed by atoms with Crippen LogP contribution in [0.4, 0.5) is 5.95 Å². The Labute approximate surface area is 187 Å². The summed E-state index contributed by atoms with van der Waals surface area (Å²) >= 11 is 12.7. The quantitative estimate of drug-likeness (QED) is 0.582. The summed E-state index contributed by atoms with van der Waals surface area (Å²) in [7, 11) is 2.10. The Kier molecular flexibility index (Phi) is 5.21. The fourth-order valence-corrected chi connectivity index (χ4v) is 5.07. The zero-order chi connectivity index (χ0) is 20.7. The molecule has 1 saturated carbocycles. The Morgan fingerprint density at radius 3 is 2.17 bits per heavy atom. The van der Waals surface area contributed by atoms with Crippen molar-refractivity contribution in [1.29, 1.82) is 0 Å². The summed E-state index contributed by atoms with van der Waals surface area (Å²) in [5.41, 5.74) is 2.38. The number of hydrogen-bond donors (Lipinski definition) is 0. The van der Waals surface area contributed by atoms with Crippen LogP contribution >= 0.6 is 23.2 Å². The molecule has 2 fully saturated rings. The van der Waals surface area contributed by atoms with Crippen molar-refractivity contribution in [2.75, 3.05) is 31.1 Å². The molecule has 0 bridgehead atoms. The molecule has 3 aromatic rings. The highest BCUT2D eigenvalue weighted by molar-refractivity contribution is 6.35. The van der Waals surface area contributed by atoms with Gasteiger partial charge in [0.2, 0.25) is 5.95 Å². The minimum atomic E-state index is 0.0316. The second kappa shape index (κ2) is 7.88. The Morgan fingerprint density at radius 1 is 0.867 bits per heavy atom. The number of hydrogen-bond acceptors (Lipinski definition) is 4. The molecule has 1 aliphatic heterocycles. The summed E-state index contributed by atoms with van der Waals surface area (Å²) in [5, 5.41) is 10.7. The molecule has 1 aliphatic carbocycles. The first kappa shape index (κ1) is 19.9. The summed E-state index contributed by atoms with van der Waals surface area (Å²) in [6, 6.07) is 16.4. The smallest absolute Gasteiger partial charge is 0.227 e. The number of nitrogens with zero attached hydrogens (tertiary/aromatic N) is 5. The number of piperazine rings is 1. The van der Waals surface area contributed by atoms with Gasteiger partial charge < -0.3 is 4.90 Å². The predicted octanol–water partition coefficient (Wildman–Crippen LogP) is 4.52. The van der Waals surface area contributed by atoms with Crippen LogP contribution in [0.3, 0.4) is 0 Å². The van der Waals surface area contributed by atoms with Crippen LogP contribution < -0.4 is 4.90 Å². The summed E-state index contributed by atoms with van der Waals surface area (Å²) in [6.45, 7) is 4.47. The van der Waals surface area contributed by atoms with Gasteiger partial charge in [-0.15, -0.1) is 10.2 Å². The highest BCUT2D eigenvalue weighted by Crippen LogP contribution is 2.52. The van der Waals surface area contributed by atoms with E-state index in [1.165, 1.54) is 5.56 Å².